The van der Waals surface area contributed by atoms with Gasteiger partial charge in [0.2, 0.25) is 0 Å². The number of amides is 1. The highest BCUT2D eigenvalue weighted by Crippen LogP contribution is 2.27. The highest BCUT2D eigenvalue weighted by Gasteiger charge is 2.14. The predicted molar refractivity (Wildman–Crippen MR) is 65.9 cm³/mol. The maximum absolute atomic E-state index is 11.9. The summed E-state index contributed by atoms with van der Waals surface area (Å²) in [4.78, 5) is 12.5. The molecule has 0 aliphatic carbocycles. The molecule has 0 unspecified atom stereocenters. The van der Waals surface area contributed by atoms with E-state index in [1.807, 2.05) is 12.3 Å². The quantitative estimate of drug-likeness (QED) is 0.925. The lowest BCUT2D eigenvalue weighted by Crippen LogP contribution is -2.11. The summed E-state index contributed by atoms with van der Waals surface area (Å²) in [5, 5.41) is 8.27. The van der Waals surface area contributed by atoms with Gasteiger partial charge in [-0.1, -0.05) is 5.16 Å². The van der Waals surface area contributed by atoms with Gasteiger partial charge in [0.25, 0.3) is 5.91 Å². The third kappa shape index (κ3) is 2.17. The SMILES string of the molecule is Cc1cc(NC(=O)c2scc(Br)c2C)no1. The summed E-state index contributed by atoms with van der Waals surface area (Å²) in [6.45, 7) is 3.67. The van der Waals surface area contributed by atoms with E-state index in [0.29, 0.717) is 16.5 Å². The highest BCUT2D eigenvalue weighted by atomic mass is 79.9. The molecule has 0 fully saturated rings. The molecule has 0 aliphatic heterocycles. The Balaban J connectivity index is 2.18. The lowest BCUT2D eigenvalue weighted by molar-refractivity contribution is 0.102. The number of halogens is 1. The topological polar surface area (TPSA) is 55.1 Å². The number of thiophene rings is 1. The molecule has 0 saturated carbocycles. The van der Waals surface area contributed by atoms with E-state index in [1.54, 1.807) is 13.0 Å². The number of hydrogen-bond acceptors (Lipinski definition) is 4. The molecule has 0 aliphatic rings. The number of rotatable bonds is 2. The Kier molecular flexibility index (Phi) is 3.11. The summed E-state index contributed by atoms with van der Waals surface area (Å²) >= 11 is 4.76. The summed E-state index contributed by atoms with van der Waals surface area (Å²) in [6.07, 6.45) is 0. The van der Waals surface area contributed by atoms with E-state index >= 15 is 0 Å². The Bertz CT molecular complexity index is 533. The first-order chi connectivity index (χ1) is 7.58. The number of nitrogens with zero attached hydrogens (tertiary/aromatic N) is 1. The average Bonchev–Trinajstić information content (AvgIpc) is 2.76. The summed E-state index contributed by atoms with van der Waals surface area (Å²) in [5.41, 5.74) is 0.933. The molecule has 1 N–H and O–H groups in total. The Labute approximate surface area is 105 Å². The number of aromatic nitrogens is 1. The Morgan fingerprint density at radius 3 is 2.81 bits per heavy atom. The first-order valence-electron chi connectivity index (χ1n) is 4.56. The largest absolute Gasteiger partial charge is 0.360 e. The molecule has 0 aromatic carbocycles. The van der Waals surface area contributed by atoms with Crippen LogP contribution in [0.2, 0.25) is 0 Å². The maximum atomic E-state index is 11.9. The molecule has 1 amide bonds. The summed E-state index contributed by atoms with van der Waals surface area (Å²) in [5.74, 6) is 0.937. The second kappa shape index (κ2) is 4.39. The number of carbonyl (C=O) groups excluding carboxylic acids is 1. The molecule has 6 heteroatoms. The summed E-state index contributed by atoms with van der Waals surface area (Å²) in [6, 6.07) is 1.68. The van der Waals surface area contributed by atoms with Gasteiger partial charge in [0.05, 0.1) is 4.88 Å². The minimum absolute atomic E-state index is 0.165. The van der Waals surface area contributed by atoms with Crippen LogP contribution in [0.25, 0.3) is 0 Å². The highest BCUT2D eigenvalue weighted by molar-refractivity contribution is 9.10. The average molecular weight is 301 g/mol. The van der Waals surface area contributed by atoms with Crippen molar-refractivity contribution < 1.29 is 9.32 Å². The molecule has 4 nitrogen and oxygen atoms in total. The van der Waals surface area contributed by atoms with E-state index in [1.165, 1.54) is 11.3 Å². The lowest BCUT2D eigenvalue weighted by atomic mass is 10.3. The second-order valence-corrected chi connectivity index (χ2v) is 5.05. The van der Waals surface area contributed by atoms with Crippen LogP contribution < -0.4 is 5.32 Å². The molecule has 0 spiro atoms. The fourth-order valence-corrected chi connectivity index (χ4v) is 2.67. The van der Waals surface area contributed by atoms with Gasteiger partial charge in [0.15, 0.2) is 5.82 Å². The van der Waals surface area contributed by atoms with E-state index in [4.69, 9.17) is 4.52 Å². The normalized spacial score (nSPS) is 10.4. The van der Waals surface area contributed by atoms with Gasteiger partial charge in [-0.3, -0.25) is 4.79 Å². The number of aryl methyl sites for hydroxylation is 1. The third-order valence-corrected chi connectivity index (χ3v) is 4.26. The Morgan fingerprint density at radius 2 is 2.31 bits per heavy atom. The van der Waals surface area contributed by atoms with Gasteiger partial charge >= 0.3 is 0 Å². The van der Waals surface area contributed by atoms with E-state index in [9.17, 15) is 4.79 Å². The maximum Gasteiger partial charge on any atom is 0.267 e. The number of anilines is 1. The van der Waals surface area contributed by atoms with Crippen molar-refractivity contribution in [2.24, 2.45) is 0 Å². The number of hydrogen-bond donors (Lipinski definition) is 1. The van der Waals surface area contributed by atoms with E-state index in [2.05, 4.69) is 26.4 Å². The predicted octanol–water partition coefficient (Wildman–Crippen LogP) is 3.37. The van der Waals surface area contributed by atoms with Crippen molar-refractivity contribution >= 4 is 39.0 Å². The molecule has 16 heavy (non-hydrogen) atoms. The van der Waals surface area contributed by atoms with Crippen LogP contribution in [0.15, 0.2) is 20.4 Å². The molecule has 0 atom stereocenters. The fraction of sp³-hybridized carbons (Fsp3) is 0.200. The van der Waals surface area contributed by atoms with Crippen LogP contribution in [0, 0.1) is 13.8 Å². The zero-order chi connectivity index (χ0) is 11.7. The minimum atomic E-state index is -0.165. The van der Waals surface area contributed by atoms with E-state index < -0.39 is 0 Å². The fourth-order valence-electron chi connectivity index (χ4n) is 1.22. The molecule has 2 aromatic rings. The molecular formula is C10H9BrN2O2S. The van der Waals surface area contributed by atoms with Crippen LogP contribution in [0.5, 0.6) is 0 Å². The van der Waals surface area contributed by atoms with E-state index in [0.717, 1.165) is 10.0 Å². The van der Waals surface area contributed by atoms with Crippen LogP contribution in [-0.4, -0.2) is 11.1 Å². The van der Waals surface area contributed by atoms with Gasteiger partial charge < -0.3 is 9.84 Å². The van der Waals surface area contributed by atoms with Crippen LogP contribution in [0.4, 0.5) is 5.82 Å². The van der Waals surface area contributed by atoms with Crippen molar-refractivity contribution in [3.63, 3.8) is 0 Å². The minimum Gasteiger partial charge on any atom is -0.360 e. The molecule has 0 saturated heterocycles. The Morgan fingerprint density at radius 1 is 1.56 bits per heavy atom. The third-order valence-electron chi connectivity index (χ3n) is 2.05. The van der Waals surface area contributed by atoms with Crippen LogP contribution in [0.3, 0.4) is 0 Å². The van der Waals surface area contributed by atoms with Gasteiger partial charge in [-0.15, -0.1) is 11.3 Å². The van der Waals surface area contributed by atoms with Crippen molar-refractivity contribution in [1.29, 1.82) is 0 Å². The van der Waals surface area contributed by atoms with Crippen molar-refractivity contribution in [2.75, 3.05) is 5.32 Å². The second-order valence-electron chi connectivity index (χ2n) is 3.31. The Hall–Kier alpha value is -1.14. The molecule has 2 heterocycles. The van der Waals surface area contributed by atoms with Crippen LogP contribution in [0.1, 0.15) is 21.0 Å². The number of nitrogens with one attached hydrogen (secondary N) is 1. The molecule has 2 aromatic heterocycles. The molecule has 84 valence electrons. The van der Waals surface area contributed by atoms with Crippen molar-refractivity contribution in [1.82, 2.24) is 5.16 Å². The molecule has 0 radical (unpaired) electrons. The zero-order valence-electron chi connectivity index (χ0n) is 8.70. The van der Waals surface area contributed by atoms with Crippen LogP contribution >= 0.6 is 27.3 Å². The molecular weight excluding hydrogens is 292 g/mol. The molecule has 0 bridgehead atoms. The van der Waals surface area contributed by atoms with Crippen LogP contribution in [-0.2, 0) is 0 Å². The van der Waals surface area contributed by atoms with Gasteiger partial charge in [-0.2, -0.15) is 0 Å². The summed E-state index contributed by atoms with van der Waals surface area (Å²) in [7, 11) is 0. The van der Waals surface area contributed by atoms with Crippen molar-refractivity contribution in [2.45, 2.75) is 13.8 Å². The number of carbonyl (C=O) groups is 1. The first kappa shape index (κ1) is 11.3. The monoisotopic (exact) mass is 300 g/mol. The van der Waals surface area contributed by atoms with Crippen molar-refractivity contribution in [3.05, 3.63) is 32.1 Å². The smallest absolute Gasteiger partial charge is 0.267 e. The van der Waals surface area contributed by atoms with Gasteiger partial charge in [0, 0.05) is 15.9 Å². The van der Waals surface area contributed by atoms with Crippen molar-refractivity contribution in [3.8, 4) is 0 Å². The summed E-state index contributed by atoms with van der Waals surface area (Å²) < 4.78 is 5.81. The van der Waals surface area contributed by atoms with E-state index in [-0.39, 0.29) is 5.91 Å². The van der Waals surface area contributed by atoms with Gasteiger partial charge in [-0.05, 0) is 35.3 Å². The lowest BCUT2D eigenvalue weighted by Gasteiger charge is -1.99. The van der Waals surface area contributed by atoms with Gasteiger partial charge in [0.1, 0.15) is 5.76 Å². The molecule has 2 rings (SSSR count). The van der Waals surface area contributed by atoms with Gasteiger partial charge in [-0.25, -0.2) is 0 Å². The zero-order valence-corrected chi connectivity index (χ0v) is 11.1. The standard InChI is InChI=1S/C10H9BrN2O2S/c1-5-3-8(13-15-5)12-10(14)9-6(2)7(11)4-16-9/h3-4H,1-2H3,(H,12,13,14). The first-order valence-corrected chi connectivity index (χ1v) is 6.23.